The van der Waals surface area contributed by atoms with E-state index in [0.717, 1.165) is 17.3 Å². The zero-order valence-corrected chi connectivity index (χ0v) is 19.1. The Morgan fingerprint density at radius 1 is 1.20 bits per heavy atom. The van der Waals surface area contributed by atoms with Gasteiger partial charge in [-0.25, -0.2) is 4.79 Å². The number of carboxylic acids is 1. The highest BCUT2D eigenvalue weighted by atomic mass is 79.9. The third-order valence-corrected chi connectivity index (χ3v) is 8.56. The third-order valence-electron chi connectivity index (χ3n) is 8.06. The number of aromatic carboxylic acids is 1. The molecule has 2 bridgehead atoms. The number of benzene rings is 2. The molecule has 3 atom stereocenters. The maximum atomic E-state index is 11.8. The molecule has 4 rings (SSSR count). The van der Waals surface area contributed by atoms with Crippen LogP contribution in [0, 0.1) is 16.7 Å². The number of carboxylic acid groups (broad SMARTS) is 1. The van der Waals surface area contributed by atoms with Crippen molar-refractivity contribution >= 4 is 27.6 Å². The molecule has 30 heavy (non-hydrogen) atoms. The highest BCUT2D eigenvalue weighted by Gasteiger charge is 2.61. The van der Waals surface area contributed by atoms with Gasteiger partial charge < -0.3 is 20.6 Å². The first-order chi connectivity index (χ1) is 14.0. The maximum Gasteiger partial charge on any atom is 0.339 e. The van der Waals surface area contributed by atoms with Crippen LogP contribution in [-0.4, -0.2) is 21.3 Å². The summed E-state index contributed by atoms with van der Waals surface area (Å²) in [6.45, 7) is 7.23. The minimum Gasteiger partial charge on any atom is -0.508 e. The number of rotatable bonds is 5. The van der Waals surface area contributed by atoms with Gasteiger partial charge in [0.15, 0.2) is 0 Å². The number of anilines is 1. The van der Waals surface area contributed by atoms with Crippen LogP contribution in [-0.2, 0) is 6.54 Å². The Kier molecular flexibility index (Phi) is 5.04. The monoisotopic (exact) mass is 473 g/mol. The molecule has 160 valence electrons. The largest absolute Gasteiger partial charge is 0.508 e. The Bertz CT molecular complexity index is 1020. The van der Waals surface area contributed by atoms with Gasteiger partial charge in [-0.15, -0.1) is 0 Å². The lowest BCUT2D eigenvalue weighted by Crippen LogP contribution is -2.31. The summed E-state index contributed by atoms with van der Waals surface area (Å²) in [5.41, 5.74) is 2.13. The van der Waals surface area contributed by atoms with E-state index >= 15 is 0 Å². The van der Waals surface area contributed by atoms with Gasteiger partial charge in [-0.1, -0.05) is 36.7 Å². The quantitative estimate of drug-likeness (QED) is 0.393. The van der Waals surface area contributed by atoms with Crippen LogP contribution < -0.4 is 5.32 Å². The van der Waals surface area contributed by atoms with Crippen molar-refractivity contribution in [1.82, 2.24) is 0 Å². The van der Waals surface area contributed by atoms with Crippen molar-refractivity contribution in [2.24, 2.45) is 16.7 Å². The van der Waals surface area contributed by atoms with Crippen molar-refractivity contribution in [1.29, 1.82) is 0 Å². The van der Waals surface area contributed by atoms with Gasteiger partial charge in [-0.05, 0) is 72.3 Å². The van der Waals surface area contributed by atoms with Crippen molar-refractivity contribution in [3.63, 3.8) is 0 Å². The molecule has 4 N–H and O–H groups in total. The lowest BCUT2D eigenvalue weighted by molar-refractivity contribution is 0.0693. The average Bonchev–Trinajstić information content (AvgIpc) is 3.02. The Balaban J connectivity index is 1.71. The maximum absolute atomic E-state index is 11.8. The van der Waals surface area contributed by atoms with E-state index in [4.69, 9.17) is 0 Å². The molecule has 2 aliphatic carbocycles. The van der Waals surface area contributed by atoms with Crippen LogP contribution in [0.1, 0.15) is 67.4 Å². The normalized spacial score (nSPS) is 26.7. The first kappa shape index (κ1) is 21.0. The van der Waals surface area contributed by atoms with Crippen LogP contribution >= 0.6 is 15.9 Å². The van der Waals surface area contributed by atoms with Gasteiger partial charge in [0.05, 0.1) is 0 Å². The predicted molar refractivity (Wildman–Crippen MR) is 120 cm³/mol. The molecule has 2 aliphatic rings. The fourth-order valence-electron chi connectivity index (χ4n) is 5.75. The van der Waals surface area contributed by atoms with E-state index in [1.165, 1.54) is 12.5 Å². The molecule has 0 saturated heterocycles. The summed E-state index contributed by atoms with van der Waals surface area (Å²) in [6.07, 6.45) is 3.24. The van der Waals surface area contributed by atoms with E-state index in [0.29, 0.717) is 29.3 Å². The number of phenolic OH excluding ortho intramolecular Hbond substituents is 1. The molecule has 0 heterocycles. The Hall–Kier alpha value is -2.21. The van der Waals surface area contributed by atoms with Crippen LogP contribution in [0.2, 0.25) is 0 Å². The minimum absolute atomic E-state index is 0.0199. The lowest BCUT2D eigenvalue weighted by Gasteiger charge is -2.40. The van der Waals surface area contributed by atoms with Crippen LogP contribution in [0.25, 0.3) is 0 Å². The number of hydrogen-bond donors (Lipinski definition) is 4. The second-order valence-electron chi connectivity index (χ2n) is 9.56. The molecule has 2 fully saturated rings. The Morgan fingerprint density at radius 3 is 2.53 bits per heavy atom. The summed E-state index contributed by atoms with van der Waals surface area (Å²) >= 11 is 3.40. The van der Waals surface area contributed by atoms with E-state index in [-0.39, 0.29) is 33.8 Å². The molecule has 0 spiro atoms. The number of halogens is 1. The molecule has 0 amide bonds. The molecule has 6 heteroatoms. The Morgan fingerprint density at radius 2 is 1.93 bits per heavy atom. The zero-order chi connectivity index (χ0) is 21.8. The molecule has 2 aromatic rings. The first-order valence-corrected chi connectivity index (χ1v) is 11.2. The number of hydrogen-bond acceptors (Lipinski definition) is 4. The van der Waals surface area contributed by atoms with E-state index < -0.39 is 5.97 Å². The average molecular weight is 474 g/mol. The molecule has 3 unspecified atom stereocenters. The molecule has 0 aliphatic heterocycles. The number of carbonyl (C=O) groups is 1. The number of nitrogens with one attached hydrogen (secondary N) is 1. The van der Waals surface area contributed by atoms with Gasteiger partial charge in [0.2, 0.25) is 0 Å². The summed E-state index contributed by atoms with van der Waals surface area (Å²) in [5.74, 6) is -0.394. The predicted octanol–water partition coefficient (Wildman–Crippen LogP) is 6.10. The summed E-state index contributed by atoms with van der Waals surface area (Å²) in [4.78, 5) is 11.8. The summed E-state index contributed by atoms with van der Waals surface area (Å²) in [5, 5.41) is 33.9. The number of fused-ring (bicyclic) bond motifs is 2. The van der Waals surface area contributed by atoms with Crippen LogP contribution in [0.5, 0.6) is 11.5 Å². The van der Waals surface area contributed by atoms with E-state index in [2.05, 4.69) is 42.0 Å². The van der Waals surface area contributed by atoms with Crippen molar-refractivity contribution in [3.05, 3.63) is 51.5 Å². The molecule has 0 aromatic heterocycles. The van der Waals surface area contributed by atoms with Gasteiger partial charge in [-0.3, -0.25) is 0 Å². The zero-order valence-electron chi connectivity index (χ0n) is 17.5. The first-order valence-electron chi connectivity index (χ1n) is 10.4. The van der Waals surface area contributed by atoms with Gasteiger partial charge in [0, 0.05) is 27.8 Å². The van der Waals surface area contributed by atoms with Crippen LogP contribution in [0.3, 0.4) is 0 Å². The van der Waals surface area contributed by atoms with Crippen molar-refractivity contribution in [2.75, 3.05) is 5.32 Å². The number of aromatic hydroxyl groups is 2. The third kappa shape index (κ3) is 3.16. The molecule has 0 radical (unpaired) electrons. The van der Waals surface area contributed by atoms with Gasteiger partial charge in [-0.2, -0.15) is 0 Å². The van der Waals surface area contributed by atoms with Crippen molar-refractivity contribution in [2.45, 2.75) is 52.5 Å². The summed E-state index contributed by atoms with van der Waals surface area (Å²) in [6, 6.07) is 8.56. The summed E-state index contributed by atoms with van der Waals surface area (Å²) < 4.78 is 0.854. The Labute approximate surface area is 185 Å². The minimum atomic E-state index is -1.14. The van der Waals surface area contributed by atoms with Crippen molar-refractivity contribution < 1.29 is 20.1 Å². The summed E-state index contributed by atoms with van der Waals surface area (Å²) in [7, 11) is 0. The molecule has 2 aromatic carbocycles. The smallest absolute Gasteiger partial charge is 0.339 e. The van der Waals surface area contributed by atoms with Crippen molar-refractivity contribution in [3.8, 4) is 11.5 Å². The SMILES string of the molecule is CC1(C)C2CCC1(C)C(c1cc(NCc3cc(Br)ccc3O)cc(C(=O)O)c1O)C2. The number of phenols is 2. The molecular formula is C24H28BrNO4. The second kappa shape index (κ2) is 7.19. The molecule has 2 saturated carbocycles. The van der Waals surface area contributed by atoms with Gasteiger partial charge in [0.25, 0.3) is 0 Å². The highest BCUT2D eigenvalue weighted by molar-refractivity contribution is 9.10. The van der Waals surface area contributed by atoms with Gasteiger partial charge >= 0.3 is 5.97 Å². The standard InChI is InChI=1S/C24H28BrNO4/c1-23(2)14-6-7-24(23,3)19(9-14)17-10-16(11-18(21(17)28)22(29)30)26-12-13-8-15(25)4-5-20(13)27/h4-5,8,10-11,14,19,26-28H,6-7,9,12H2,1-3H3,(H,29,30). The molecule has 5 nitrogen and oxygen atoms in total. The highest BCUT2D eigenvalue weighted by Crippen LogP contribution is 2.71. The van der Waals surface area contributed by atoms with Gasteiger partial charge in [0.1, 0.15) is 17.1 Å². The van der Waals surface area contributed by atoms with E-state index in [1.54, 1.807) is 12.1 Å². The topological polar surface area (TPSA) is 89.8 Å². The van der Waals surface area contributed by atoms with E-state index in [1.807, 2.05) is 12.1 Å². The van der Waals surface area contributed by atoms with Crippen LogP contribution in [0.4, 0.5) is 5.69 Å². The van der Waals surface area contributed by atoms with Crippen LogP contribution in [0.15, 0.2) is 34.8 Å². The lowest BCUT2D eigenvalue weighted by atomic mass is 9.65. The van der Waals surface area contributed by atoms with E-state index in [9.17, 15) is 20.1 Å². The fraction of sp³-hybridized carbons (Fsp3) is 0.458. The second-order valence-corrected chi connectivity index (χ2v) is 10.5. The fourth-order valence-corrected chi connectivity index (χ4v) is 6.16. The molecular weight excluding hydrogens is 446 g/mol.